The molecule has 3 atom stereocenters. The lowest BCUT2D eigenvalue weighted by Gasteiger charge is -2.25. The molecule has 0 unspecified atom stereocenters. The SMILES string of the molecule is CC(C)C[C@H](CC(=O)C1=CC=CCC1=O)C(=O)N[C@H](C#N)C[C@@H]1CCCCC1=O. The molecule has 0 bridgehead atoms. The number of nitrogens with one attached hydrogen (secondary N) is 1. The van der Waals surface area contributed by atoms with Gasteiger partial charge in [-0.25, -0.2) is 0 Å². The van der Waals surface area contributed by atoms with Crippen molar-refractivity contribution in [2.24, 2.45) is 17.8 Å². The number of rotatable bonds is 9. The summed E-state index contributed by atoms with van der Waals surface area (Å²) >= 11 is 0. The van der Waals surface area contributed by atoms with Gasteiger partial charge in [0.1, 0.15) is 11.8 Å². The molecule has 2 aliphatic rings. The molecule has 0 radical (unpaired) electrons. The summed E-state index contributed by atoms with van der Waals surface area (Å²) in [6.07, 6.45) is 8.97. The van der Waals surface area contributed by atoms with Crippen LogP contribution in [0, 0.1) is 29.1 Å². The van der Waals surface area contributed by atoms with Crippen molar-refractivity contribution < 1.29 is 19.2 Å². The van der Waals surface area contributed by atoms with E-state index in [1.165, 1.54) is 6.08 Å². The van der Waals surface area contributed by atoms with Crippen molar-refractivity contribution in [3.8, 4) is 6.07 Å². The van der Waals surface area contributed by atoms with Crippen LogP contribution in [0.2, 0.25) is 0 Å². The highest BCUT2D eigenvalue weighted by Gasteiger charge is 2.30. The molecule has 1 N–H and O–H groups in total. The molecule has 0 aromatic carbocycles. The molecule has 0 saturated heterocycles. The Balaban J connectivity index is 2.03. The largest absolute Gasteiger partial charge is 0.340 e. The number of Topliss-reactive ketones (excluding diaryl/α,β-unsaturated/α-hetero) is 3. The first-order valence-corrected chi connectivity index (χ1v) is 10.5. The summed E-state index contributed by atoms with van der Waals surface area (Å²) in [6, 6.07) is 1.34. The maximum atomic E-state index is 12.9. The number of ketones is 3. The predicted octanol–water partition coefficient (Wildman–Crippen LogP) is 3.22. The van der Waals surface area contributed by atoms with Gasteiger partial charge in [-0.15, -0.1) is 0 Å². The van der Waals surface area contributed by atoms with Gasteiger partial charge in [0.25, 0.3) is 0 Å². The lowest BCUT2D eigenvalue weighted by molar-refractivity contribution is -0.130. The third-order valence-electron chi connectivity index (χ3n) is 5.54. The molecule has 29 heavy (non-hydrogen) atoms. The molecule has 156 valence electrons. The topological polar surface area (TPSA) is 104 Å². The van der Waals surface area contributed by atoms with E-state index >= 15 is 0 Å². The number of hydrogen-bond acceptors (Lipinski definition) is 5. The van der Waals surface area contributed by atoms with Crippen molar-refractivity contribution >= 4 is 23.3 Å². The molecule has 1 amide bonds. The Kier molecular flexibility index (Phi) is 8.50. The van der Waals surface area contributed by atoms with Gasteiger partial charge in [-0.05, 0) is 37.7 Å². The number of amides is 1. The predicted molar refractivity (Wildman–Crippen MR) is 109 cm³/mol. The third-order valence-corrected chi connectivity index (χ3v) is 5.54. The molecular weight excluding hydrogens is 368 g/mol. The van der Waals surface area contributed by atoms with Gasteiger partial charge < -0.3 is 5.32 Å². The molecular formula is C23H30N2O4. The molecule has 1 saturated carbocycles. The van der Waals surface area contributed by atoms with E-state index in [-0.39, 0.29) is 53.5 Å². The highest BCUT2D eigenvalue weighted by Crippen LogP contribution is 2.25. The van der Waals surface area contributed by atoms with Gasteiger partial charge >= 0.3 is 0 Å². The van der Waals surface area contributed by atoms with E-state index < -0.39 is 12.0 Å². The van der Waals surface area contributed by atoms with E-state index in [1.807, 2.05) is 13.8 Å². The summed E-state index contributed by atoms with van der Waals surface area (Å²) in [5.41, 5.74) is 0.138. The van der Waals surface area contributed by atoms with Crippen LogP contribution >= 0.6 is 0 Å². The number of carbonyl (C=O) groups is 4. The fourth-order valence-electron chi connectivity index (χ4n) is 4.00. The zero-order chi connectivity index (χ0) is 21.4. The van der Waals surface area contributed by atoms with Crippen molar-refractivity contribution in [3.05, 3.63) is 23.8 Å². The van der Waals surface area contributed by atoms with E-state index in [1.54, 1.807) is 12.2 Å². The molecule has 0 aliphatic heterocycles. The Labute approximate surface area is 172 Å². The second-order valence-corrected chi connectivity index (χ2v) is 8.42. The normalized spacial score (nSPS) is 21.3. The molecule has 6 nitrogen and oxygen atoms in total. The van der Waals surface area contributed by atoms with Crippen LogP contribution in [0.4, 0.5) is 0 Å². The second kappa shape index (κ2) is 10.8. The zero-order valence-corrected chi connectivity index (χ0v) is 17.3. The smallest absolute Gasteiger partial charge is 0.224 e. The summed E-state index contributed by atoms with van der Waals surface area (Å²) < 4.78 is 0. The number of allylic oxidation sites excluding steroid dienone is 4. The van der Waals surface area contributed by atoms with E-state index in [2.05, 4.69) is 11.4 Å². The minimum Gasteiger partial charge on any atom is -0.340 e. The van der Waals surface area contributed by atoms with Crippen LogP contribution in [0.15, 0.2) is 23.8 Å². The minimum atomic E-state index is -0.752. The number of hydrogen-bond donors (Lipinski definition) is 1. The van der Waals surface area contributed by atoms with Crippen molar-refractivity contribution in [1.29, 1.82) is 5.26 Å². The van der Waals surface area contributed by atoms with E-state index in [4.69, 9.17) is 0 Å². The van der Waals surface area contributed by atoms with Crippen molar-refractivity contribution in [2.75, 3.05) is 0 Å². The maximum Gasteiger partial charge on any atom is 0.224 e. The van der Waals surface area contributed by atoms with Gasteiger partial charge in [0.05, 0.1) is 11.6 Å². The standard InChI is InChI=1S/C23H30N2O4/c1-15(2)11-17(13-22(28)19-8-4-6-10-21(19)27)23(29)25-18(14-24)12-16-7-3-5-9-20(16)26/h4,6,8,15-18H,3,5,7,9-13H2,1-2H3,(H,25,29)/t16-,17+,18-/m0/s1. The second-order valence-electron chi connectivity index (χ2n) is 8.42. The first-order chi connectivity index (χ1) is 13.8. The van der Waals surface area contributed by atoms with Gasteiger partial charge in [0, 0.05) is 31.1 Å². The van der Waals surface area contributed by atoms with E-state index in [0.717, 1.165) is 19.3 Å². The molecule has 0 spiro atoms. The Morgan fingerprint density at radius 3 is 2.66 bits per heavy atom. The number of carbonyl (C=O) groups excluding carboxylic acids is 4. The summed E-state index contributed by atoms with van der Waals surface area (Å²) in [7, 11) is 0. The number of nitriles is 1. The zero-order valence-electron chi connectivity index (χ0n) is 17.3. The van der Waals surface area contributed by atoms with Gasteiger partial charge in [-0.2, -0.15) is 5.26 Å². The van der Waals surface area contributed by atoms with Gasteiger partial charge in [-0.3, -0.25) is 19.2 Å². The van der Waals surface area contributed by atoms with Crippen LogP contribution in [0.1, 0.15) is 65.2 Å². The summed E-state index contributed by atoms with van der Waals surface area (Å²) in [6.45, 7) is 3.92. The van der Waals surface area contributed by atoms with Crippen molar-refractivity contribution in [2.45, 2.75) is 71.3 Å². The van der Waals surface area contributed by atoms with Crippen LogP contribution in [-0.2, 0) is 19.2 Å². The first kappa shape index (κ1) is 22.7. The van der Waals surface area contributed by atoms with Crippen LogP contribution in [0.3, 0.4) is 0 Å². The Bertz CT molecular complexity index is 757. The summed E-state index contributed by atoms with van der Waals surface area (Å²) in [4.78, 5) is 49.5. The molecule has 1 fully saturated rings. The van der Waals surface area contributed by atoms with Crippen molar-refractivity contribution in [3.63, 3.8) is 0 Å². The Morgan fingerprint density at radius 1 is 1.28 bits per heavy atom. The highest BCUT2D eigenvalue weighted by molar-refractivity contribution is 6.21. The third kappa shape index (κ3) is 6.77. The fraction of sp³-hybridized carbons (Fsp3) is 0.609. The van der Waals surface area contributed by atoms with Gasteiger partial charge in [0.15, 0.2) is 11.6 Å². The minimum absolute atomic E-state index is 0.0596. The average Bonchev–Trinajstić information content (AvgIpc) is 2.68. The number of nitrogens with zero attached hydrogens (tertiary/aromatic N) is 1. The highest BCUT2D eigenvalue weighted by atomic mass is 16.2. The summed E-state index contributed by atoms with van der Waals surface area (Å²) in [5.74, 6) is -1.38. The van der Waals surface area contributed by atoms with Crippen molar-refractivity contribution in [1.82, 2.24) is 5.32 Å². The van der Waals surface area contributed by atoms with Gasteiger partial charge in [0.2, 0.25) is 5.91 Å². The van der Waals surface area contributed by atoms with E-state index in [9.17, 15) is 24.4 Å². The van der Waals surface area contributed by atoms with E-state index in [0.29, 0.717) is 19.3 Å². The van der Waals surface area contributed by atoms with Crippen LogP contribution in [0.25, 0.3) is 0 Å². The monoisotopic (exact) mass is 398 g/mol. The molecule has 0 heterocycles. The molecule has 2 rings (SSSR count). The lowest BCUT2D eigenvalue weighted by atomic mass is 9.83. The molecule has 6 heteroatoms. The maximum absolute atomic E-state index is 12.9. The molecule has 0 aromatic rings. The lowest BCUT2D eigenvalue weighted by Crippen LogP contribution is -2.41. The average molecular weight is 399 g/mol. The van der Waals surface area contributed by atoms with Crippen LogP contribution in [-0.4, -0.2) is 29.3 Å². The Morgan fingerprint density at radius 2 is 2.03 bits per heavy atom. The Hall–Kier alpha value is -2.55. The summed E-state index contributed by atoms with van der Waals surface area (Å²) in [5, 5.41) is 12.2. The van der Waals surface area contributed by atoms with Crippen LogP contribution < -0.4 is 5.32 Å². The molecule has 2 aliphatic carbocycles. The quantitative estimate of drug-likeness (QED) is 0.601. The fourth-order valence-corrected chi connectivity index (χ4v) is 4.00. The first-order valence-electron chi connectivity index (χ1n) is 10.5. The molecule has 0 aromatic heterocycles. The van der Waals surface area contributed by atoms with Gasteiger partial charge in [-0.1, -0.05) is 32.4 Å². The van der Waals surface area contributed by atoms with Crippen LogP contribution in [0.5, 0.6) is 0 Å².